The first-order valence-electron chi connectivity index (χ1n) is 11.5. The number of carbonyl (C=O) groups is 4. The number of anilines is 1. The Morgan fingerprint density at radius 3 is 2.29 bits per heavy atom. The fraction of sp³-hybridized carbons (Fsp3) is 0.360. The van der Waals surface area contributed by atoms with Gasteiger partial charge in [-0.2, -0.15) is 0 Å². The van der Waals surface area contributed by atoms with Gasteiger partial charge in [-0.3, -0.25) is 19.3 Å². The maximum absolute atomic E-state index is 13.1. The highest BCUT2D eigenvalue weighted by molar-refractivity contribution is 6.09. The molecule has 0 spiro atoms. The summed E-state index contributed by atoms with van der Waals surface area (Å²) in [6.07, 6.45) is 0.315. The van der Waals surface area contributed by atoms with Crippen LogP contribution in [0.25, 0.3) is 0 Å². The lowest BCUT2D eigenvalue weighted by atomic mass is 9.87. The summed E-state index contributed by atoms with van der Waals surface area (Å²) in [4.78, 5) is 54.9. The lowest BCUT2D eigenvalue weighted by Gasteiger charge is -2.36. The summed E-state index contributed by atoms with van der Waals surface area (Å²) >= 11 is 0. The maximum atomic E-state index is 13.1. The van der Waals surface area contributed by atoms with Crippen molar-refractivity contribution in [1.29, 1.82) is 0 Å². The van der Waals surface area contributed by atoms with Crippen molar-refractivity contribution in [2.75, 3.05) is 44.2 Å². The smallest absolute Gasteiger partial charge is 0.326 e. The highest BCUT2D eigenvalue weighted by Crippen LogP contribution is 2.32. The van der Waals surface area contributed by atoms with Crippen LogP contribution < -0.4 is 10.2 Å². The van der Waals surface area contributed by atoms with Gasteiger partial charge in [0.25, 0.3) is 11.8 Å². The van der Waals surface area contributed by atoms with Crippen molar-refractivity contribution in [2.45, 2.75) is 18.9 Å². The van der Waals surface area contributed by atoms with Crippen LogP contribution in [0.3, 0.4) is 0 Å². The molecule has 2 fully saturated rings. The van der Waals surface area contributed by atoms with Crippen molar-refractivity contribution >= 4 is 29.5 Å². The molecule has 184 valence electrons. The van der Waals surface area contributed by atoms with Crippen molar-refractivity contribution in [3.8, 4) is 0 Å². The molecule has 2 saturated heterocycles. The van der Waals surface area contributed by atoms with Crippen molar-refractivity contribution < 1.29 is 28.3 Å². The number of hydrogen-bond donors (Lipinski definition) is 1. The average Bonchev–Trinajstić information content (AvgIpc) is 3.13. The van der Waals surface area contributed by atoms with Crippen LogP contribution in [0, 0.1) is 5.82 Å². The molecule has 10 heteroatoms. The van der Waals surface area contributed by atoms with Gasteiger partial charge in [0.15, 0.2) is 6.61 Å². The van der Waals surface area contributed by atoms with Crippen LogP contribution in [-0.4, -0.2) is 72.9 Å². The highest BCUT2D eigenvalue weighted by atomic mass is 19.1. The van der Waals surface area contributed by atoms with E-state index in [1.165, 1.54) is 12.1 Å². The van der Waals surface area contributed by atoms with E-state index in [0.717, 1.165) is 10.6 Å². The second-order valence-electron chi connectivity index (χ2n) is 8.45. The van der Waals surface area contributed by atoms with E-state index in [4.69, 9.17) is 4.74 Å². The molecule has 35 heavy (non-hydrogen) atoms. The summed E-state index contributed by atoms with van der Waals surface area (Å²) in [7, 11) is 0. The van der Waals surface area contributed by atoms with Gasteiger partial charge in [0.05, 0.1) is 0 Å². The van der Waals surface area contributed by atoms with E-state index >= 15 is 0 Å². The zero-order chi connectivity index (χ0) is 25.0. The second kappa shape index (κ2) is 10.1. The van der Waals surface area contributed by atoms with Crippen molar-refractivity contribution in [1.82, 2.24) is 15.1 Å². The van der Waals surface area contributed by atoms with Gasteiger partial charge >= 0.3 is 12.0 Å². The Bertz CT molecular complexity index is 1100. The number of benzene rings is 2. The van der Waals surface area contributed by atoms with E-state index in [9.17, 15) is 23.6 Å². The first-order valence-corrected chi connectivity index (χ1v) is 11.5. The molecular weight excluding hydrogens is 455 g/mol. The quantitative estimate of drug-likeness (QED) is 0.478. The van der Waals surface area contributed by atoms with Gasteiger partial charge in [-0.25, -0.2) is 9.18 Å². The first-order chi connectivity index (χ1) is 16.8. The summed E-state index contributed by atoms with van der Waals surface area (Å²) in [6.45, 7) is 2.70. The molecule has 0 aromatic heterocycles. The SMILES string of the molecule is CC[C@@]1(c2ccccc2)NC(=O)N(CC(=O)OCC(=O)N2CCN(c3ccc(F)cc3)CC2)C1=O. The lowest BCUT2D eigenvalue weighted by molar-refractivity contribution is -0.154. The standard InChI is InChI=1S/C25H27FN4O5/c1-2-25(18-6-4-3-5-7-18)23(33)30(24(34)27-25)16-22(32)35-17-21(31)29-14-12-28(13-15-29)20-10-8-19(26)9-11-20/h3-11H,2,12-17H2,1H3,(H,27,34)/t25-/m0/s1. The molecule has 2 heterocycles. The van der Waals surface area contributed by atoms with Gasteiger partial charge in [0.1, 0.15) is 17.9 Å². The number of amides is 4. The summed E-state index contributed by atoms with van der Waals surface area (Å²) in [6, 6.07) is 14.3. The summed E-state index contributed by atoms with van der Waals surface area (Å²) < 4.78 is 18.2. The van der Waals surface area contributed by atoms with Crippen LogP contribution in [0.15, 0.2) is 54.6 Å². The molecule has 0 bridgehead atoms. The van der Waals surface area contributed by atoms with E-state index in [1.54, 1.807) is 48.2 Å². The Morgan fingerprint density at radius 1 is 1.00 bits per heavy atom. The molecule has 2 aliphatic rings. The van der Waals surface area contributed by atoms with Gasteiger partial charge in [0, 0.05) is 31.9 Å². The summed E-state index contributed by atoms with van der Waals surface area (Å²) in [5.74, 6) is -2.04. The minimum atomic E-state index is -1.24. The van der Waals surface area contributed by atoms with E-state index in [1.807, 2.05) is 11.0 Å². The molecule has 0 unspecified atom stereocenters. The number of nitrogens with one attached hydrogen (secondary N) is 1. The molecule has 1 atom stereocenters. The maximum Gasteiger partial charge on any atom is 0.326 e. The monoisotopic (exact) mass is 482 g/mol. The van der Waals surface area contributed by atoms with Crippen LogP contribution >= 0.6 is 0 Å². The largest absolute Gasteiger partial charge is 0.454 e. The highest BCUT2D eigenvalue weighted by Gasteiger charge is 2.51. The molecule has 0 saturated carbocycles. The topological polar surface area (TPSA) is 99.3 Å². The fourth-order valence-electron chi connectivity index (χ4n) is 4.41. The Balaban J connectivity index is 1.27. The summed E-state index contributed by atoms with van der Waals surface area (Å²) in [5.41, 5.74) is 0.266. The van der Waals surface area contributed by atoms with E-state index in [2.05, 4.69) is 5.32 Å². The van der Waals surface area contributed by atoms with Crippen LogP contribution in [0.1, 0.15) is 18.9 Å². The van der Waals surface area contributed by atoms with Crippen molar-refractivity contribution in [3.05, 3.63) is 66.0 Å². The lowest BCUT2D eigenvalue weighted by Crippen LogP contribution is -2.50. The fourth-order valence-corrected chi connectivity index (χ4v) is 4.41. The predicted molar refractivity (Wildman–Crippen MR) is 125 cm³/mol. The van der Waals surface area contributed by atoms with Crippen LogP contribution in [0.2, 0.25) is 0 Å². The zero-order valence-corrected chi connectivity index (χ0v) is 19.4. The molecular formula is C25H27FN4O5. The number of hydrogen-bond acceptors (Lipinski definition) is 6. The Morgan fingerprint density at radius 2 is 1.66 bits per heavy atom. The normalized spacial score (nSPS) is 20.1. The van der Waals surface area contributed by atoms with Crippen molar-refractivity contribution in [2.24, 2.45) is 0 Å². The number of rotatable bonds is 7. The van der Waals surface area contributed by atoms with Gasteiger partial charge < -0.3 is 19.9 Å². The summed E-state index contributed by atoms with van der Waals surface area (Å²) in [5, 5.41) is 2.70. The van der Waals surface area contributed by atoms with Gasteiger partial charge in [-0.05, 0) is 36.2 Å². The second-order valence-corrected chi connectivity index (χ2v) is 8.45. The molecule has 1 N–H and O–H groups in total. The van der Waals surface area contributed by atoms with Gasteiger partial charge in [-0.15, -0.1) is 0 Å². The molecule has 2 aliphatic heterocycles. The Labute approximate surface area is 202 Å². The Hall–Kier alpha value is -3.95. The predicted octanol–water partition coefficient (Wildman–Crippen LogP) is 1.87. The van der Waals surface area contributed by atoms with Gasteiger partial charge in [-0.1, -0.05) is 37.3 Å². The third-order valence-electron chi connectivity index (χ3n) is 6.44. The molecule has 2 aromatic rings. The molecule has 4 amide bonds. The number of esters is 1. The Kier molecular flexibility index (Phi) is 6.99. The molecule has 2 aromatic carbocycles. The van der Waals surface area contributed by atoms with Crippen LogP contribution in [0.4, 0.5) is 14.9 Å². The molecule has 9 nitrogen and oxygen atoms in total. The number of urea groups is 1. The number of piperazine rings is 1. The molecule has 0 aliphatic carbocycles. The van der Waals surface area contributed by atoms with Crippen LogP contribution in [-0.2, 0) is 24.7 Å². The van der Waals surface area contributed by atoms with Crippen LogP contribution in [0.5, 0.6) is 0 Å². The number of nitrogens with zero attached hydrogens (tertiary/aromatic N) is 3. The molecule has 0 radical (unpaired) electrons. The number of carbonyl (C=O) groups excluding carboxylic acids is 4. The van der Waals surface area contributed by atoms with Crippen molar-refractivity contribution in [3.63, 3.8) is 0 Å². The number of imide groups is 1. The van der Waals surface area contributed by atoms with E-state index in [-0.39, 0.29) is 11.7 Å². The average molecular weight is 483 g/mol. The third-order valence-corrected chi connectivity index (χ3v) is 6.44. The zero-order valence-electron chi connectivity index (χ0n) is 19.4. The minimum Gasteiger partial charge on any atom is -0.454 e. The molecule has 4 rings (SSSR count). The number of ether oxygens (including phenoxy) is 1. The first kappa shape index (κ1) is 24.2. The third kappa shape index (κ3) is 4.96. The van der Waals surface area contributed by atoms with E-state index in [0.29, 0.717) is 38.2 Å². The van der Waals surface area contributed by atoms with E-state index < -0.39 is 36.6 Å². The van der Waals surface area contributed by atoms with Gasteiger partial charge in [0.2, 0.25) is 0 Å². The minimum absolute atomic E-state index is 0.307. The number of halogens is 1.